The molecule has 1 aromatic heterocycles. The number of carbonyl (C=O) groups excluding carboxylic acids is 1. The smallest absolute Gasteiger partial charge is 0.221 e. The van der Waals surface area contributed by atoms with Crippen molar-refractivity contribution in [2.75, 3.05) is 19.6 Å². The van der Waals surface area contributed by atoms with E-state index in [0.29, 0.717) is 13.0 Å². The van der Waals surface area contributed by atoms with E-state index in [1.54, 1.807) is 0 Å². The average molecular weight is 289 g/mol. The number of amides is 1. The summed E-state index contributed by atoms with van der Waals surface area (Å²) in [5, 5.41) is 2.96. The zero-order valence-electron chi connectivity index (χ0n) is 13.1. The van der Waals surface area contributed by atoms with Crippen LogP contribution < -0.4 is 5.32 Å². The van der Waals surface area contributed by atoms with Gasteiger partial charge in [0.2, 0.25) is 5.91 Å². The highest BCUT2D eigenvalue weighted by Crippen LogP contribution is 2.09. The third kappa shape index (κ3) is 5.84. The van der Waals surface area contributed by atoms with Gasteiger partial charge in [-0.3, -0.25) is 9.78 Å². The molecule has 1 N–H and O–H groups in total. The number of nitrogens with one attached hydrogen (secondary N) is 1. The number of carbonyl (C=O) groups is 1. The minimum atomic E-state index is 0.126. The first kappa shape index (κ1) is 16.0. The Morgan fingerprint density at radius 2 is 2.00 bits per heavy atom. The molecular formula is C17H27N3O. The second kappa shape index (κ2) is 8.78. The van der Waals surface area contributed by atoms with E-state index in [2.05, 4.69) is 28.2 Å². The van der Waals surface area contributed by atoms with Crippen molar-refractivity contribution >= 4 is 5.91 Å². The molecule has 0 radical (unpaired) electrons. The molecule has 1 fully saturated rings. The van der Waals surface area contributed by atoms with Crippen LogP contribution in [0.25, 0.3) is 0 Å². The lowest BCUT2D eigenvalue weighted by Crippen LogP contribution is -2.31. The van der Waals surface area contributed by atoms with Crippen LogP contribution in [-0.2, 0) is 17.8 Å². The van der Waals surface area contributed by atoms with Gasteiger partial charge in [0.15, 0.2) is 0 Å². The van der Waals surface area contributed by atoms with E-state index in [9.17, 15) is 4.79 Å². The van der Waals surface area contributed by atoms with Crippen LogP contribution in [0.1, 0.15) is 50.3 Å². The fraction of sp³-hybridized carbons (Fsp3) is 0.647. The van der Waals surface area contributed by atoms with Crippen molar-refractivity contribution in [2.45, 2.75) is 52.0 Å². The summed E-state index contributed by atoms with van der Waals surface area (Å²) < 4.78 is 0. The maximum Gasteiger partial charge on any atom is 0.221 e. The maximum atomic E-state index is 11.9. The van der Waals surface area contributed by atoms with Crippen LogP contribution in [0.15, 0.2) is 18.3 Å². The Balaban J connectivity index is 1.66. The molecule has 0 aromatic carbocycles. The molecule has 0 unspecified atom stereocenters. The average Bonchev–Trinajstić information content (AvgIpc) is 2.80. The third-order valence-electron chi connectivity index (χ3n) is 4.11. The van der Waals surface area contributed by atoms with Gasteiger partial charge in [0.1, 0.15) is 0 Å². The molecule has 4 nitrogen and oxygen atoms in total. The van der Waals surface area contributed by atoms with Gasteiger partial charge < -0.3 is 10.2 Å². The minimum Gasteiger partial charge on any atom is -0.350 e. The van der Waals surface area contributed by atoms with Crippen LogP contribution >= 0.6 is 0 Å². The van der Waals surface area contributed by atoms with Gasteiger partial charge in [-0.2, -0.15) is 0 Å². The number of hydrogen-bond acceptors (Lipinski definition) is 3. The first-order chi connectivity index (χ1) is 10.3. The molecule has 0 aliphatic carbocycles. The third-order valence-corrected chi connectivity index (χ3v) is 4.11. The number of likely N-dealkylation sites (tertiary alicyclic amines) is 1. The van der Waals surface area contributed by atoms with Crippen LogP contribution in [0, 0.1) is 0 Å². The number of nitrogens with zero attached hydrogens (tertiary/aromatic N) is 2. The van der Waals surface area contributed by atoms with Crippen LogP contribution in [0.4, 0.5) is 0 Å². The van der Waals surface area contributed by atoms with Gasteiger partial charge in [0, 0.05) is 19.2 Å². The summed E-state index contributed by atoms with van der Waals surface area (Å²) in [5.41, 5.74) is 2.15. The Morgan fingerprint density at radius 3 is 2.62 bits per heavy atom. The largest absolute Gasteiger partial charge is 0.350 e. The molecule has 1 aromatic rings. The van der Waals surface area contributed by atoms with E-state index in [-0.39, 0.29) is 5.91 Å². The Hall–Kier alpha value is -1.42. The van der Waals surface area contributed by atoms with Crippen LogP contribution in [-0.4, -0.2) is 35.4 Å². The molecule has 1 amide bonds. The van der Waals surface area contributed by atoms with Crippen molar-refractivity contribution < 1.29 is 4.79 Å². The quantitative estimate of drug-likeness (QED) is 0.875. The number of pyridine rings is 1. The predicted octanol–water partition coefficient (Wildman–Crippen LogP) is 2.53. The maximum absolute atomic E-state index is 11.9. The molecule has 0 saturated carbocycles. The highest BCUT2D eigenvalue weighted by Gasteiger charge is 2.10. The molecule has 4 heteroatoms. The number of aryl methyl sites for hydroxylation is 1. The molecule has 2 heterocycles. The lowest BCUT2D eigenvalue weighted by Gasteiger charge is -2.19. The Labute approximate surface area is 127 Å². The zero-order chi connectivity index (χ0) is 14.9. The van der Waals surface area contributed by atoms with Crippen molar-refractivity contribution in [2.24, 2.45) is 0 Å². The molecule has 1 saturated heterocycles. The molecule has 116 valence electrons. The van der Waals surface area contributed by atoms with Crippen LogP contribution in [0.5, 0.6) is 0 Å². The Bertz CT molecular complexity index is 422. The Kier molecular flexibility index (Phi) is 6.67. The molecule has 21 heavy (non-hydrogen) atoms. The van der Waals surface area contributed by atoms with Crippen LogP contribution in [0.3, 0.4) is 0 Å². The van der Waals surface area contributed by atoms with Gasteiger partial charge in [0.05, 0.1) is 12.2 Å². The molecule has 0 atom stereocenters. The van der Waals surface area contributed by atoms with Gasteiger partial charge in [-0.25, -0.2) is 0 Å². The van der Waals surface area contributed by atoms with Gasteiger partial charge in [-0.1, -0.05) is 25.8 Å². The molecule has 0 spiro atoms. The van der Waals surface area contributed by atoms with E-state index in [4.69, 9.17) is 0 Å². The van der Waals surface area contributed by atoms with E-state index < -0.39 is 0 Å². The molecular weight excluding hydrogens is 262 g/mol. The molecule has 1 aliphatic rings. The summed E-state index contributed by atoms with van der Waals surface area (Å²) in [4.78, 5) is 18.7. The highest BCUT2D eigenvalue weighted by molar-refractivity contribution is 5.75. The lowest BCUT2D eigenvalue weighted by atomic mass is 10.2. The topological polar surface area (TPSA) is 45.2 Å². The van der Waals surface area contributed by atoms with Gasteiger partial charge in [-0.15, -0.1) is 0 Å². The number of aromatic nitrogens is 1. The van der Waals surface area contributed by atoms with Crippen LogP contribution in [0.2, 0.25) is 0 Å². The predicted molar refractivity (Wildman–Crippen MR) is 85.0 cm³/mol. The normalized spacial score (nSPS) is 16.4. The summed E-state index contributed by atoms with van der Waals surface area (Å²) in [5.74, 6) is 0.126. The van der Waals surface area contributed by atoms with Crippen molar-refractivity contribution in [3.63, 3.8) is 0 Å². The minimum absolute atomic E-state index is 0.126. The summed E-state index contributed by atoms with van der Waals surface area (Å²) >= 11 is 0. The first-order valence-corrected chi connectivity index (χ1v) is 8.21. The monoisotopic (exact) mass is 289 g/mol. The summed E-state index contributed by atoms with van der Waals surface area (Å²) in [6.07, 6.45) is 8.69. The SMILES string of the molecule is CCc1ccc(CNC(=O)CCN2CCCCCC2)nc1. The second-order valence-electron chi connectivity index (χ2n) is 5.79. The summed E-state index contributed by atoms with van der Waals surface area (Å²) in [6.45, 7) is 5.82. The van der Waals surface area contributed by atoms with Crippen molar-refractivity contribution in [3.8, 4) is 0 Å². The van der Waals surface area contributed by atoms with Gasteiger partial charge >= 0.3 is 0 Å². The molecule has 2 rings (SSSR count). The lowest BCUT2D eigenvalue weighted by molar-refractivity contribution is -0.121. The molecule has 1 aliphatic heterocycles. The fourth-order valence-electron chi connectivity index (χ4n) is 2.67. The van der Waals surface area contributed by atoms with E-state index in [1.807, 2.05) is 12.3 Å². The number of rotatable bonds is 6. The first-order valence-electron chi connectivity index (χ1n) is 8.21. The van der Waals surface area contributed by atoms with E-state index in [0.717, 1.165) is 31.7 Å². The highest BCUT2D eigenvalue weighted by atomic mass is 16.1. The van der Waals surface area contributed by atoms with Gasteiger partial charge in [0.25, 0.3) is 0 Å². The van der Waals surface area contributed by atoms with Crippen molar-refractivity contribution in [3.05, 3.63) is 29.6 Å². The summed E-state index contributed by atoms with van der Waals surface area (Å²) in [7, 11) is 0. The standard InChI is InChI=1S/C17H27N3O/c1-2-15-7-8-16(18-13-15)14-19-17(21)9-12-20-10-5-3-4-6-11-20/h7-8,13H,2-6,9-12,14H2,1H3,(H,19,21). The Morgan fingerprint density at radius 1 is 1.24 bits per heavy atom. The summed E-state index contributed by atoms with van der Waals surface area (Å²) in [6, 6.07) is 4.07. The fourth-order valence-corrected chi connectivity index (χ4v) is 2.67. The van der Waals surface area contributed by atoms with Gasteiger partial charge in [-0.05, 0) is 44.0 Å². The molecule has 0 bridgehead atoms. The van der Waals surface area contributed by atoms with Crippen molar-refractivity contribution in [1.82, 2.24) is 15.2 Å². The zero-order valence-corrected chi connectivity index (χ0v) is 13.1. The number of hydrogen-bond donors (Lipinski definition) is 1. The van der Waals surface area contributed by atoms with E-state index >= 15 is 0 Å². The van der Waals surface area contributed by atoms with E-state index in [1.165, 1.54) is 31.2 Å². The van der Waals surface area contributed by atoms with Crippen molar-refractivity contribution in [1.29, 1.82) is 0 Å². The second-order valence-corrected chi connectivity index (χ2v) is 5.79.